The maximum atomic E-state index is 12.9. The molecule has 0 saturated carbocycles. The number of carbonyl (C=O) groups is 4. The van der Waals surface area contributed by atoms with Gasteiger partial charge in [-0.15, -0.1) is 0 Å². The lowest BCUT2D eigenvalue weighted by Crippen LogP contribution is -2.41. The van der Waals surface area contributed by atoms with Crippen molar-refractivity contribution in [1.29, 1.82) is 0 Å². The fourth-order valence-electron chi connectivity index (χ4n) is 3.02. The summed E-state index contributed by atoms with van der Waals surface area (Å²) in [5.41, 5.74) is -0.819. The van der Waals surface area contributed by atoms with E-state index in [2.05, 4.69) is 5.32 Å². The Balaban J connectivity index is 3.14. The maximum Gasteiger partial charge on any atom is 0.323 e. The molecule has 0 saturated heterocycles. The molecule has 0 aliphatic carbocycles. The van der Waals surface area contributed by atoms with Crippen LogP contribution < -0.4 is 14.8 Å². The van der Waals surface area contributed by atoms with Gasteiger partial charge in [0, 0.05) is 13.0 Å². The molecule has 9 heteroatoms. The van der Waals surface area contributed by atoms with Gasteiger partial charge < -0.3 is 24.3 Å². The lowest BCUT2D eigenvalue weighted by atomic mass is 9.90. The molecule has 1 rings (SSSR count). The lowest BCUT2D eigenvalue weighted by Gasteiger charge is -2.24. The van der Waals surface area contributed by atoms with Crippen molar-refractivity contribution in [2.45, 2.75) is 87.1 Å². The number of ether oxygens (including phenoxy) is 4. The van der Waals surface area contributed by atoms with Crippen LogP contribution in [0, 0.1) is 16.7 Å². The maximum absolute atomic E-state index is 12.9. The number of hydrogen-bond donors (Lipinski definition) is 1. The normalized spacial score (nSPS) is 12.6. The van der Waals surface area contributed by atoms with Gasteiger partial charge in [0.15, 0.2) is 11.5 Å². The van der Waals surface area contributed by atoms with Crippen LogP contribution in [0.2, 0.25) is 0 Å². The van der Waals surface area contributed by atoms with Crippen molar-refractivity contribution in [1.82, 2.24) is 5.32 Å². The first-order valence-electron chi connectivity index (χ1n) is 13.2. The standard InChI is InChI=1S/C29H45NO8/c1-10-28(5,6)26(33)37-22-13-12-20(18-23(22)38-27(34)29(7,8)11-2)17-21(25(32)35-9)30-14-15-36-24(31)16-19(3)4/h12-13,18-19,21,30H,10-11,14-17H2,1-9H3/t21-/m0/s1. The molecule has 1 atom stereocenters. The minimum Gasteiger partial charge on any atom is -0.468 e. The van der Waals surface area contributed by atoms with Gasteiger partial charge in [-0.25, -0.2) is 0 Å². The number of carbonyl (C=O) groups excluding carboxylic acids is 4. The van der Waals surface area contributed by atoms with Gasteiger partial charge in [0.05, 0.1) is 17.9 Å². The molecule has 0 aliphatic rings. The van der Waals surface area contributed by atoms with E-state index >= 15 is 0 Å². The molecule has 0 heterocycles. The summed E-state index contributed by atoms with van der Waals surface area (Å²) in [4.78, 5) is 49.8. The molecule has 0 fully saturated rings. The van der Waals surface area contributed by atoms with Gasteiger partial charge in [0.25, 0.3) is 0 Å². The van der Waals surface area contributed by atoms with Crippen LogP contribution in [0.5, 0.6) is 11.5 Å². The summed E-state index contributed by atoms with van der Waals surface area (Å²) in [7, 11) is 1.29. The highest BCUT2D eigenvalue weighted by molar-refractivity contribution is 5.81. The van der Waals surface area contributed by atoms with Crippen molar-refractivity contribution in [2.24, 2.45) is 16.7 Å². The van der Waals surface area contributed by atoms with E-state index in [0.717, 1.165) is 0 Å². The van der Waals surface area contributed by atoms with Crippen molar-refractivity contribution in [3.8, 4) is 11.5 Å². The fraction of sp³-hybridized carbons (Fsp3) is 0.655. The Bertz CT molecular complexity index is 967. The Morgan fingerprint density at radius 2 is 1.45 bits per heavy atom. The molecule has 0 unspecified atom stereocenters. The molecule has 9 nitrogen and oxygen atoms in total. The first-order chi connectivity index (χ1) is 17.7. The topological polar surface area (TPSA) is 117 Å². The van der Waals surface area contributed by atoms with Crippen LogP contribution in [0.15, 0.2) is 18.2 Å². The second-order valence-corrected chi connectivity index (χ2v) is 11.1. The summed E-state index contributed by atoms with van der Waals surface area (Å²) in [6.45, 7) is 15.1. The highest BCUT2D eigenvalue weighted by Crippen LogP contribution is 2.34. The fourth-order valence-corrected chi connectivity index (χ4v) is 3.02. The Kier molecular flexibility index (Phi) is 12.9. The number of rotatable bonds is 15. The van der Waals surface area contributed by atoms with Crippen LogP contribution in [0.25, 0.3) is 0 Å². The van der Waals surface area contributed by atoms with Crippen LogP contribution in [-0.4, -0.2) is 50.2 Å². The molecule has 1 aromatic carbocycles. The van der Waals surface area contributed by atoms with E-state index in [9.17, 15) is 19.2 Å². The molecule has 0 aliphatic heterocycles. The SMILES string of the molecule is CCC(C)(C)C(=O)Oc1ccc(C[C@H](NCCOC(=O)CC(C)C)C(=O)OC)cc1OC(=O)C(C)(C)CC. The van der Waals surface area contributed by atoms with Crippen molar-refractivity contribution in [2.75, 3.05) is 20.3 Å². The van der Waals surface area contributed by atoms with Gasteiger partial charge in [0.1, 0.15) is 12.6 Å². The molecule has 0 spiro atoms. The predicted molar refractivity (Wildman–Crippen MR) is 144 cm³/mol. The number of methoxy groups -OCH3 is 1. The van der Waals surface area contributed by atoms with Crippen molar-refractivity contribution >= 4 is 23.9 Å². The summed E-state index contributed by atoms with van der Waals surface area (Å²) in [5, 5.41) is 3.05. The van der Waals surface area contributed by atoms with Crippen molar-refractivity contribution in [3.63, 3.8) is 0 Å². The van der Waals surface area contributed by atoms with Crippen LogP contribution in [0.4, 0.5) is 0 Å². The van der Waals surface area contributed by atoms with Crippen LogP contribution in [0.1, 0.15) is 80.2 Å². The third-order valence-corrected chi connectivity index (χ3v) is 6.54. The first-order valence-corrected chi connectivity index (χ1v) is 13.2. The second kappa shape index (κ2) is 14.9. The lowest BCUT2D eigenvalue weighted by molar-refractivity contribution is -0.147. The highest BCUT2D eigenvalue weighted by atomic mass is 16.6. The highest BCUT2D eigenvalue weighted by Gasteiger charge is 2.31. The van der Waals surface area contributed by atoms with Crippen LogP contribution in [-0.2, 0) is 35.1 Å². The summed E-state index contributed by atoms with van der Waals surface area (Å²) >= 11 is 0. The molecule has 1 N–H and O–H groups in total. The average Bonchev–Trinajstić information content (AvgIpc) is 2.85. The number of nitrogens with one attached hydrogen (secondary N) is 1. The van der Waals surface area contributed by atoms with E-state index in [1.807, 2.05) is 27.7 Å². The van der Waals surface area contributed by atoms with Crippen LogP contribution >= 0.6 is 0 Å². The van der Waals surface area contributed by atoms with Crippen LogP contribution in [0.3, 0.4) is 0 Å². The molecule has 214 valence electrons. The molecular formula is C29H45NO8. The minimum absolute atomic E-state index is 0.0977. The minimum atomic E-state index is -0.747. The zero-order valence-corrected chi connectivity index (χ0v) is 24.4. The Morgan fingerprint density at radius 1 is 0.895 bits per heavy atom. The molecule has 0 radical (unpaired) electrons. The number of benzene rings is 1. The van der Waals surface area contributed by atoms with E-state index in [1.165, 1.54) is 7.11 Å². The quantitative estimate of drug-likeness (QED) is 0.195. The summed E-state index contributed by atoms with van der Waals surface area (Å²) < 4.78 is 21.5. The Morgan fingerprint density at radius 3 is 1.95 bits per heavy atom. The van der Waals surface area contributed by atoms with Crippen molar-refractivity contribution < 1.29 is 38.1 Å². The summed E-state index contributed by atoms with van der Waals surface area (Å²) in [6.07, 6.45) is 1.65. The van der Waals surface area contributed by atoms with Gasteiger partial charge >= 0.3 is 23.9 Å². The molecular weight excluding hydrogens is 490 g/mol. The van der Waals surface area contributed by atoms with Gasteiger partial charge in [-0.3, -0.25) is 19.2 Å². The third kappa shape index (κ3) is 10.4. The van der Waals surface area contributed by atoms with E-state index < -0.39 is 34.8 Å². The van der Waals surface area contributed by atoms with Gasteiger partial charge in [0.2, 0.25) is 0 Å². The molecule has 0 aromatic heterocycles. The van der Waals surface area contributed by atoms with E-state index in [0.29, 0.717) is 24.8 Å². The average molecular weight is 536 g/mol. The Hall–Kier alpha value is -2.94. The van der Waals surface area contributed by atoms with Gasteiger partial charge in [-0.2, -0.15) is 0 Å². The molecule has 1 aromatic rings. The second-order valence-electron chi connectivity index (χ2n) is 11.1. The molecule has 0 bridgehead atoms. The van der Waals surface area contributed by atoms with Crippen molar-refractivity contribution in [3.05, 3.63) is 23.8 Å². The number of hydrogen-bond acceptors (Lipinski definition) is 9. The number of esters is 4. The molecule has 38 heavy (non-hydrogen) atoms. The zero-order valence-electron chi connectivity index (χ0n) is 24.4. The zero-order chi connectivity index (χ0) is 29.1. The first kappa shape index (κ1) is 33.1. The van der Waals surface area contributed by atoms with E-state index in [1.54, 1.807) is 45.9 Å². The largest absolute Gasteiger partial charge is 0.468 e. The summed E-state index contributed by atoms with van der Waals surface area (Å²) in [5.74, 6) is -1.28. The monoisotopic (exact) mass is 535 g/mol. The van der Waals surface area contributed by atoms with Gasteiger partial charge in [-0.05, 0) is 70.6 Å². The Labute approximate surface area is 226 Å². The smallest absolute Gasteiger partial charge is 0.323 e. The summed E-state index contributed by atoms with van der Waals surface area (Å²) in [6, 6.07) is 4.10. The van der Waals surface area contributed by atoms with E-state index in [-0.39, 0.29) is 43.0 Å². The predicted octanol–water partition coefficient (Wildman–Crippen LogP) is 4.63. The van der Waals surface area contributed by atoms with E-state index in [4.69, 9.17) is 18.9 Å². The third-order valence-electron chi connectivity index (χ3n) is 6.54. The van der Waals surface area contributed by atoms with Gasteiger partial charge in [-0.1, -0.05) is 33.8 Å². The molecule has 0 amide bonds.